The van der Waals surface area contributed by atoms with E-state index >= 15 is 0 Å². The Balaban J connectivity index is 0.00000385. The average Bonchev–Trinajstić information content (AvgIpc) is 2.71. The van der Waals surface area contributed by atoms with Crippen molar-refractivity contribution in [3.8, 4) is 11.5 Å². The molecule has 0 amide bonds. The van der Waals surface area contributed by atoms with E-state index < -0.39 is 0 Å². The second kappa shape index (κ2) is 10.9. The van der Waals surface area contributed by atoms with E-state index in [9.17, 15) is 10.2 Å². The summed E-state index contributed by atoms with van der Waals surface area (Å²) >= 11 is 0. The number of benzene rings is 2. The second-order valence-corrected chi connectivity index (χ2v) is 11.0. The summed E-state index contributed by atoms with van der Waals surface area (Å²) in [5.41, 5.74) is 3.87. The van der Waals surface area contributed by atoms with Crippen molar-refractivity contribution in [2.24, 2.45) is 9.98 Å². The fourth-order valence-electron chi connectivity index (χ4n) is 4.04. The van der Waals surface area contributed by atoms with Crippen LogP contribution >= 0.6 is 0 Å². The summed E-state index contributed by atoms with van der Waals surface area (Å²) in [5, 5.41) is 20.6. The first kappa shape index (κ1) is 27.1. The molecule has 0 aromatic heterocycles. The van der Waals surface area contributed by atoms with E-state index in [-0.39, 0.29) is 51.5 Å². The van der Waals surface area contributed by atoms with E-state index in [0.29, 0.717) is 0 Å². The van der Waals surface area contributed by atoms with Gasteiger partial charge >= 0.3 is 17.1 Å². The van der Waals surface area contributed by atoms with Crippen LogP contribution in [0, 0.1) is 0 Å². The van der Waals surface area contributed by atoms with Crippen molar-refractivity contribution in [2.75, 3.05) is 0 Å². The molecule has 0 bridgehead atoms. The van der Waals surface area contributed by atoms with Crippen LogP contribution in [-0.4, -0.2) is 34.7 Å². The molecule has 0 spiro atoms. The van der Waals surface area contributed by atoms with E-state index in [1.54, 1.807) is 24.6 Å². The third kappa shape index (κ3) is 7.19. The number of rotatable bonds is 4. The van der Waals surface area contributed by atoms with Gasteiger partial charge in [-0.15, -0.1) is 0 Å². The maximum absolute atomic E-state index is 10.3. The van der Waals surface area contributed by atoms with Gasteiger partial charge in [-0.2, -0.15) is 0 Å². The minimum Gasteiger partial charge on any atom is -0.507 e. The van der Waals surface area contributed by atoms with Gasteiger partial charge in [0.15, 0.2) is 0 Å². The molecule has 2 aromatic carbocycles. The molecule has 1 fully saturated rings. The molecule has 5 heteroatoms. The summed E-state index contributed by atoms with van der Waals surface area (Å²) < 4.78 is 0. The average molecular weight is 490 g/mol. The molecular formula is C28H38MnN2O2+3. The van der Waals surface area contributed by atoms with Crippen LogP contribution in [-0.2, 0) is 27.9 Å². The molecule has 0 unspecified atom stereocenters. The zero-order chi connectivity index (χ0) is 23.5. The third-order valence-electron chi connectivity index (χ3n) is 6.29. The maximum atomic E-state index is 10.3. The predicted octanol–water partition coefficient (Wildman–Crippen LogP) is 6.54. The Morgan fingerprint density at radius 3 is 1.39 bits per heavy atom. The Bertz CT molecular complexity index is 918. The zero-order valence-corrected chi connectivity index (χ0v) is 21.9. The van der Waals surface area contributed by atoms with Gasteiger partial charge in [-0.25, -0.2) is 0 Å². The van der Waals surface area contributed by atoms with Gasteiger partial charge < -0.3 is 10.2 Å². The van der Waals surface area contributed by atoms with Crippen LogP contribution in [0.5, 0.6) is 11.5 Å². The summed E-state index contributed by atoms with van der Waals surface area (Å²) in [4.78, 5) is 9.70. The van der Waals surface area contributed by atoms with Crippen molar-refractivity contribution in [2.45, 2.75) is 90.1 Å². The molecule has 0 radical (unpaired) electrons. The molecule has 176 valence electrons. The summed E-state index contributed by atoms with van der Waals surface area (Å²) in [5.74, 6) is 0.503. The van der Waals surface area contributed by atoms with Crippen LogP contribution in [0.25, 0.3) is 0 Å². The first-order valence-corrected chi connectivity index (χ1v) is 11.7. The smallest absolute Gasteiger partial charge is 0.507 e. The Morgan fingerprint density at radius 2 is 1.06 bits per heavy atom. The second-order valence-electron chi connectivity index (χ2n) is 11.0. The van der Waals surface area contributed by atoms with Crippen LogP contribution < -0.4 is 0 Å². The minimum atomic E-state index is 0. The summed E-state index contributed by atoms with van der Waals surface area (Å²) in [6.07, 6.45) is 7.83. The number of phenolic OH excluding ortho intramolecular Hbond substituents is 2. The van der Waals surface area contributed by atoms with Gasteiger partial charge in [-0.05, 0) is 59.1 Å². The van der Waals surface area contributed by atoms with Gasteiger partial charge in [0.1, 0.15) is 11.5 Å². The summed E-state index contributed by atoms with van der Waals surface area (Å²) in [6, 6.07) is 11.6. The number of hydrogen-bond donors (Lipinski definition) is 2. The molecule has 1 aliphatic carbocycles. The molecule has 1 saturated carbocycles. The fourth-order valence-corrected chi connectivity index (χ4v) is 4.04. The number of hydrogen-bond acceptors (Lipinski definition) is 4. The van der Waals surface area contributed by atoms with Crippen LogP contribution in [0.2, 0.25) is 0 Å². The van der Waals surface area contributed by atoms with Gasteiger partial charge in [-0.1, -0.05) is 66.5 Å². The summed E-state index contributed by atoms with van der Waals surface area (Å²) in [7, 11) is 0. The van der Waals surface area contributed by atoms with Crippen LogP contribution in [0.15, 0.2) is 46.4 Å². The molecule has 3 rings (SSSR count). The van der Waals surface area contributed by atoms with E-state index in [2.05, 4.69) is 41.5 Å². The van der Waals surface area contributed by atoms with Crippen molar-refractivity contribution in [1.29, 1.82) is 0 Å². The largest absolute Gasteiger partial charge is 3.00 e. The van der Waals surface area contributed by atoms with Crippen LogP contribution in [0.4, 0.5) is 0 Å². The number of aliphatic imine (C=N–C) groups is 2. The molecule has 2 atom stereocenters. The van der Waals surface area contributed by atoms with Crippen LogP contribution in [0.3, 0.4) is 0 Å². The van der Waals surface area contributed by atoms with Crippen LogP contribution in [0.1, 0.15) is 89.5 Å². The molecule has 0 saturated heterocycles. The third-order valence-corrected chi connectivity index (χ3v) is 6.29. The molecule has 4 nitrogen and oxygen atoms in total. The van der Waals surface area contributed by atoms with E-state index in [4.69, 9.17) is 9.98 Å². The van der Waals surface area contributed by atoms with Gasteiger partial charge in [-0.3, -0.25) is 9.98 Å². The molecular weight excluding hydrogens is 451 g/mol. The Hall–Kier alpha value is -2.10. The van der Waals surface area contributed by atoms with Gasteiger partial charge in [0.25, 0.3) is 0 Å². The Morgan fingerprint density at radius 1 is 0.697 bits per heavy atom. The normalized spacial score (nSPS) is 19.7. The first-order chi connectivity index (χ1) is 14.9. The molecule has 33 heavy (non-hydrogen) atoms. The maximum Gasteiger partial charge on any atom is 3.00 e. The number of aromatic hydroxyl groups is 2. The van der Waals surface area contributed by atoms with E-state index in [1.807, 2.05) is 24.3 Å². The molecule has 1 aliphatic rings. The first-order valence-electron chi connectivity index (χ1n) is 11.7. The zero-order valence-electron chi connectivity index (χ0n) is 20.8. The monoisotopic (exact) mass is 489 g/mol. The fraction of sp³-hybridized carbons (Fsp3) is 0.500. The number of phenols is 2. The van der Waals surface area contributed by atoms with E-state index in [0.717, 1.165) is 36.8 Å². The van der Waals surface area contributed by atoms with Gasteiger partial charge in [0.05, 0.1) is 12.1 Å². The molecule has 0 aliphatic heterocycles. The van der Waals surface area contributed by atoms with Crippen molar-refractivity contribution in [3.05, 3.63) is 58.7 Å². The van der Waals surface area contributed by atoms with Gasteiger partial charge in [0.2, 0.25) is 0 Å². The SMILES string of the molecule is CC(C)(C)c1ccc(O)c(C=N[C@@H]2CCCC[C@H]2N=Cc2cc(C(C)(C)C)ccc2O)c1.[Mn+3]. The van der Waals surface area contributed by atoms with Crippen molar-refractivity contribution < 1.29 is 27.3 Å². The van der Waals surface area contributed by atoms with E-state index in [1.165, 1.54) is 11.1 Å². The summed E-state index contributed by atoms with van der Waals surface area (Å²) in [6.45, 7) is 13.0. The predicted molar refractivity (Wildman–Crippen MR) is 135 cm³/mol. The molecule has 2 aromatic rings. The minimum absolute atomic E-state index is 0. The van der Waals surface area contributed by atoms with Crippen molar-refractivity contribution >= 4 is 12.4 Å². The Labute approximate surface area is 209 Å². The Kier molecular flexibility index (Phi) is 8.95. The van der Waals surface area contributed by atoms with Crippen molar-refractivity contribution in [3.63, 3.8) is 0 Å². The van der Waals surface area contributed by atoms with Crippen molar-refractivity contribution in [1.82, 2.24) is 0 Å². The topological polar surface area (TPSA) is 65.2 Å². The quantitative estimate of drug-likeness (QED) is 0.378. The standard InChI is InChI=1S/C28H38N2O2.Mn/c1-27(2,3)21-11-13-25(31)19(15-21)17-29-23-9-7-8-10-24(23)30-18-20-16-22(28(4,5)6)12-14-26(20)32;/h11-18,23-24,31-32H,7-10H2,1-6H3;/q;+3/t23-,24-;/m1./s1. The van der Waals surface area contributed by atoms with Gasteiger partial charge in [0, 0.05) is 23.6 Å². The molecule has 0 heterocycles. The number of nitrogens with zero attached hydrogens (tertiary/aromatic N) is 2. The molecule has 2 N–H and O–H groups in total.